The Morgan fingerprint density at radius 3 is 2.35 bits per heavy atom. The van der Waals surface area contributed by atoms with Gasteiger partial charge in [-0.1, -0.05) is 0 Å². The van der Waals surface area contributed by atoms with Crippen LogP contribution in [0.5, 0.6) is 0 Å². The Morgan fingerprint density at radius 2 is 1.84 bits per heavy atom. The number of piperidine rings is 1. The molecule has 1 aromatic rings. The van der Waals surface area contributed by atoms with Crippen molar-refractivity contribution in [3.8, 4) is 0 Å². The Bertz CT molecular complexity index is 959. The van der Waals surface area contributed by atoms with Gasteiger partial charge in [0.05, 0.1) is 18.8 Å². The van der Waals surface area contributed by atoms with Crippen molar-refractivity contribution in [2.45, 2.75) is 66.4 Å². The highest BCUT2D eigenvalue weighted by Gasteiger charge is 2.55. The fraction of sp³-hybridized carbons (Fsp3) is 0.842. The number of ether oxygens (including phenoxy) is 2. The molecular formula is C19H27F3N4O4S. The lowest BCUT2D eigenvalue weighted by Gasteiger charge is -2.57. The Kier molecular flexibility index (Phi) is 4.81. The predicted molar refractivity (Wildman–Crippen MR) is 103 cm³/mol. The van der Waals surface area contributed by atoms with Crippen molar-refractivity contribution in [1.82, 2.24) is 14.7 Å². The molecule has 0 radical (unpaired) electrons. The van der Waals surface area contributed by atoms with Gasteiger partial charge in [0, 0.05) is 43.7 Å². The number of alkyl halides is 3. The summed E-state index contributed by atoms with van der Waals surface area (Å²) in [6, 6.07) is 0.279. The lowest BCUT2D eigenvalue weighted by molar-refractivity contribution is -0.190. The van der Waals surface area contributed by atoms with Crippen molar-refractivity contribution in [3.05, 3.63) is 11.8 Å². The number of aromatic nitrogens is 2. The van der Waals surface area contributed by atoms with Gasteiger partial charge in [0.25, 0.3) is 0 Å². The monoisotopic (exact) mass is 464 g/mol. The molecule has 1 saturated carbocycles. The van der Waals surface area contributed by atoms with Crippen LogP contribution in [0, 0.1) is 5.41 Å². The maximum atomic E-state index is 13.1. The molecule has 1 aliphatic carbocycles. The Hall–Kier alpha value is -1.21. The molecule has 4 aliphatic rings. The maximum Gasteiger partial charge on any atom is 0.435 e. The van der Waals surface area contributed by atoms with Crippen molar-refractivity contribution in [2.75, 3.05) is 26.3 Å². The minimum Gasteiger partial charge on any atom is -0.380 e. The second kappa shape index (κ2) is 6.89. The fourth-order valence-electron chi connectivity index (χ4n) is 5.62. The van der Waals surface area contributed by atoms with E-state index in [4.69, 9.17) is 15.2 Å². The van der Waals surface area contributed by atoms with Crippen molar-refractivity contribution in [3.63, 3.8) is 0 Å². The van der Waals surface area contributed by atoms with Crippen LogP contribution in [0.3, 0.4) is 0 Å². The molecule has 5 rings (SSSR count). The number of hydrogen-bond acceptors (Lipinski definition) is 7. The molecule has 2 N–H and O–H groups in total. The summed E-state index contributed by atoms with van der Waals surface area (Å²) >= 11 is 0. The molecule has 3 aliphatic heterocycles. The van der Waals surface area contributed by atoms with Crippen LogP contribution in [-0.2, 0) is 32.5 Å². The molecule has 0 bridgehead atoms. The number of hydrogen-bond donors (Lipinski definition) is 1. The molecule has 0 amide bonds. The van der Waals surface area contributed by atoms with Crippen LogP contribution in [0.4, 0.5) is 13.2 Å². The quantitative estimate of drug-likeness (QED) is 0.720. The molecular weight excluding hydrogens is 437 g/mol. The normalized spacial score (nSPS) is 31.1. The van der Waals surface area contributed by atoms with Crippen molar-refractivity contribution < 1.29 is 31.1 Å². The van der Waals surface area contributed by atoms with Gasteiger partial charge in [-0.05, 0) is 32.1 Å². The Labute approximate surface area is 178 Å². The summed E-state index contributed by atoms with van der Waals surface area (Å²) in [5.74, 6) is 0. The number of nitrogens with zero attached hydrogens (tertiary/aromatic N) is 3. The van der Waals surface area contributed by atoms with Crippen LogP contribution in [0.2, 0.25) is 0 Å². The highest BCUT2D eigenvalue weighted by Crippen LogP contribution is 2.50. The molecule has 1 aromatic heterocycles. The van der Waals surface area contributed by atoms with Crippen LogP contribution < -0.4 is 5.73 Å². The summed E-state index contributed by atoms with van der Waals surface area (Å²) < 4.78 is 77.3. The molecule has 2 unspecified atom stereocenters. The van der Waals surface area contributed by atoms with Crippen LogP contribution in [-0.4, -0.2) is 72.5 Å². The van der Waals surface area contributed by atoms with Gasteiger partial charge in [-0.15, -0.1) is 0 Å². The zero-order valence-electron chi connectivity index (χ0n) is 17.3. The smallest absolute Gasteiger partial charge is 0.380 e. The van der Waals surface area contributed by atoms with Crippen molar-refractivity contribution >= 4 is 9.84 Å². The van der Waals surface area contributed by atoms with E-state index in [1.54, 1.807) is 0 Å². The van der Waals surface area contributed by atoms with Gasteiger partial charge in [-0.2, -0.15) is 18.3 Å². The molecule has 174 valence electrons. The number of likely N-dealkylation sites (tertiary alicyclic amines) is 1. The average Bonchev–Trinajstić information content (AvgIpc) is 3.15. The van der Waals surface area contributed by atoms with Crippen LogP contribution in [0.25, 0.3) is 0 Å². The molecule has 4 heterocycles. The first-order chi connectivity index (χ1) is 14.4. The summed E-state index contributed by atoms with van der Waals surface area (Å²) in [5, 5.41) is 2.79. The largest absolute Gasteiger partial charge is 0.435 e. The number of halogens is 3. The third-order valence-corrected chi connectivity index (χ3v) is 9.45. The van der Waals surface area contributed by atoms with E-state index in [1.165, 1.54) is 7.05 Å². The van der Waals surface area contributed by atoms with Gasteiger partial charge in [-0.3, -0.25) is 4.68 Å². The number of nitrogens with two attached hydrogens (primary N) is 1. The second-order valence-electron chi connectivity index (χ2n) is 9.66. The molecule has 3 saturated heterocycles. The van der Waals surface area contributed by atoms with E-state index in [2.05, 4.69) is 10.00 Å². The third-order valence-electron chi connectivity index (χ3n) is 7.43. The molecule has 12 heteroatoms. The third kappa shape index (κ3) is 3.50. The Balaban J connectivity index is 1.27. The van der Waals surface area contributed by atoms with E-state index in [9.17, 15) is 21.6 Å². The van der Waals surface area contributed by atoms with E-state index in [-0.39, 0.29) is 0 Å². The zero-order valence-corrected chi connectivity index (χ0v) is 18.1. The number of sulfone groups is 1. The summed E-state index contributed by atoms with van der Waals surface area (Å²) in [4.78, 5) is 2.43. The number of aryl methyl sites for hydroxylation is 1. The van der Waals surface area contributed by atoms with Crippen LogP contribution >= 0.6 is 0 Å². The highest BCUT2D eigenvalue weighted by atomic mass is 32.2. The van der Waals surface area contributed by atoms with E-state index < -0.39 is 43.8 Å². The second-order valence-corrected chi connectivity index (χ2v) is 11.6. The first-order valence-corrected chi connectivity index (χ1v) is 12.1. The van der Waals surface area contributed by atoms with Crippen LogP contribution in [0.15, 0.2) is 11.1 Å². The van der Waals surface area contributed by atoms with Gasteiger partial charge < -0.3 is 20.1 Å². The topological polar surface area (TPSA) is 99.7 Å². The lowest BCUT2D eigenvalue weighted by atomic mass is 9.63. The van der Waals surface area contributed by atoms with E-state index in [0.29, 0.717) is 36.8 Å². The lowest BCUT2D eigenvalue weighted by Crippen LogP contribution is -2.61. The van der Waals surface area contributed by atoms with Gasteiger partial charge in [-0.25, -0.2) is 8.42 Å². The summed E-state index contributed by atoms with van der Waals surface area (Å²) in [5.41, 5.74) is 3.25. The molecule has 2 atom stereocenters. The molecule has 4 fully saturated rings. The summed E-state index contributed by atoms with van der Waals surface area (Å²) in [6.45, 7) is 3.29. The standard InChI is InChI=1S/C19H27F3N4O4S/c1-25-15(6-14(24-25)19(20,21)22)31(27,28)16-13(23)9-18(30-16)2-4-26(5-3-18)12-7-17(8-12)10-29-11-17/h6,12-13,16H,2-5,7-11,23H2,1H3. The molecule has 8 nitrogen and oxygen atoms in total. The number of rotatable bonds is 3. The molecule has 31 heavy (non-hydrogen) atoms. The van der Waals surface area contributed by atoms with Gasteiger partial charge in [0.2, 0.25) is 9.84 Å². The minimum absolute atomic E-state index is 0.372. The van der Waals surface area contributed by atoms with Gasteiger partial charge in [0.15, 0.2) is 16.2 Å². The van der Waals surface area contributed by atoms with E-state index >= 15 is 0 Å². The summed E-state index contributed by atoms with van der Waals surface area (Å²) in [6.07, 6.45) is -0.766. The first kappa shape index (κ1) is 21.6. The average molecular weight is 465 g/mol. The van der Waals surface area contributed by atoms with E-state index in [0.717, 1.165) is 43.8 Å². The van der Waals surface area contributed by atoms with Crippen LogP contribution in [0.1, 0.15) is 37.8 Å². The van der Waals surface area contributed by atoms with Gasteiger partial charge >= 0.3 is 6.18 Å². The van der Waals surface area contributed by atoms with Gasteiger partial charge in [0.1, 0.15) is 0 Å². The zero-order chi connectivity index (χ0) is 22.2. The molecule has 2 spiro atoms. The Morgan fingerprint density at radius 1 is 1.19 bits per heavy atom. The van der Waals surface area contributed by atoms with Crippen molar-refractivity contribution in [2.24, 2.45) is 18.2 Å². The van der Waals surface area contributed by atoms with E-state index in [1.807, 2.05) is 0 Å². The summed E-state index contributed by atoms with van der Waals surface area (Å²) in [7, 11) is -3.07. The maximum absolute atomic E-state index is 13.1. The predicted octanol–water partition coefficient (Wildman–Crippen LogP) is 1.30. The molecule has 0 aromatic carbocycles. The minimum atomic E-state index is -4.73. The SMILES string of the molecule is Cn1nc(C(F)(F)F)cc1S(=O)(=O)C1OC2(CCN(C3CC4(COC4)C3)CC2)CC1N. The first-order valence-electron chi connectivity index (χ1n) is 10.5. The van der Waals surface area contributed by atoms with Crippen molar-refractivity contribution in [1.29, 1.82) is 0 Å². The highest BCUT2D eigenvalue weighted by molar-refractivity contribution is 7.91. The fourth-order valence-corrected chi connectivity index (χ4v) is 7.43.